The predicted octanol–water partition coefficient (Wildman–Crippen LogP) is 2.23. The van der Waals surface area contributed by atoms with Crippen LogP contribution in [-0.4, -0.2) is 63.6 Å². The van der Waals surface area contributed by atoms with Crippen molar-refractivity contribution in [3.63, 3.8) is 0 Å². The first-order chi connectivity index (χ1) is 14.1. The monoisotopic (exact) mass is 393 g/mol. The maximum absolute atomic E-state index is 12.8. The van der Waals surface area contributed by atoms with Crippen LogP contribution in [0.2, 0.25) is 0 Å². The fraction of sp³-hybridized carbons (Fsp3) is 0.350. The van der Waals surface area contributed by atoms with Crippen molar-refractivity contribution in [2.24, 2.45) is 0 Å². The lowest BCUT2D eigenvalue weighted by Gasteiger charge is -2.35. The number of carbonyl (C=O) groups is 1. The number of nitrogens with one attached hydrogen (secondary N) is 1. The molecule has 0 atom stereocenters. The topological polar surface area (TPSA) is 100 Å². The number of aromatic nitrogens is 4. The van der Waals surface area contributed by atoms with Gasteiger partial charge in [0.2, 0.25) is 5.95 Å². The normalized spacial score (nSPS) is 14.1. The molecule has 1 amide bonds. The first-order valence-electron chi connectivity index (χ1n) is 9.65. The van der Waals surface area contributed by atoms with Gasteiger partial charge in [0.25, 0.3) is 5.91 Å². The molecule has 0 aliphatic carbocycles. The highest BCUT2D eigenvalue weighted by atomic mass is 16.5. The van der Waals surface area contributed by atoms with Gasteiger partial charge in [0, 0.05) is 68.5 Å². The summed E-state index contributed by atoms with van der Waals surface area (Å²) in [5.41, 5.74) is 2.01. The van der Waals surface area contributed by atoms with E-state index in [2.05, 4.69) is 30.3 Å². The van der Waals surface area contributed by atoms with Crippen LogP contribution in [0.1, 0.15) is 23.1 Å². The van der Waals surface area contributed by atoms with E-state index in [1.807, 2.05) is 32.0 Å². The third-order valence-electron chi connectivity index (χ3n) is 4.74. The Kier molecular flexibility index (Phi) is 5.37. The molecule has 4 heterocycles. The third-order valence-corrected chi connectivity index (χ3v) is 4.74. The molecule has 9 heteroatoms. The van der Waals surface area contributed by atoms with Crippen LogP contribution in [-0.2, 0) is 0 Å². The zero-order valence-electron chi connectivity index (χ0n) is 16.5. The number of anilines is 2. The van der Waals surface area contributed by atoms with E-state index in [0.717, 1.165) is 23.6 Å². The number of nitrogens with zero attached hydrogens (tertiary/aromatic N) is 6. The molecule has 3 aromatic heterocycles. The number of carbonyl (C=O) groups excluding carboxylic acids is 1. The van der Waals surface area contributed by atoms with Gasteiger partial charge in [0.05, 0.1) is 0 Å². The molecule has 1 N–H and O–H groups in total. The number of piperazine rings is 1. The molecule has 29 heavy (non-hydrogen) atoms. The Bertz CT molecular complexity index is 982. The Morgan fingerprint density at radius 2 is 2.03 bits per heavy atom. The third kappa shape index (κ3) is 4.18. The van der Waals surface area contributed by atoms with E-state index in [1.54, 1.807) is 23.4 Å². The summed E-state index contributed by atoms with van der Waals surface area (Å²) < 4.78 is 5.33. The summed E-state index contributed by atoms with van der Waals surface area (Å²) in [6, 6.07) is 7.32. The van der Waals surface area contributed by atoms with Crippen LogP contribution in [0.25, 0.3) is 11.3 Å². The Hall–Kier alpha value is -3.49. The fourth-order valence-corrected chi connectivity index (χ4v) is 3.27. The Morgan fingerprint density at radius 1 is 1.21 bits per heavy atom. The first-order valence-corrected chi connectivity index (χ1v) is 9.65. The van der Waals surface area contributed by atoms with Gasteiger partial charge in [-0.15, -0.1) is 0 Å². The molecule has 9 nitrogen and oxygen atoms in total. The fourth-order valence-electron chi connectivity index (χ4n) is 3.27. The van der Waals surface area contributed by atoms with Gasteiger partial charge < -0.3 is 19.6 Å². The van der Waals surface area contributed by atoms with Crippen molar-refractivity contribution < 1.29 is 9.32 Å². The van der Waals surface area contributed by atoms with Crippen molar-refractivity contribution >= 4 is 17.7 Å². The lowest BCUT2D eigenvalue weighted by atomic mass is 10.2. The van der Waals surface area contributed by atoms with Crippen LogP contribution in [0, 0.1) is 6.92 Å². The SMILES string of the molecule is CCNc1nc(C)cc(N2CCN(C(=O)c3cc(-c4cccnc4)on3)CC2)n1. The van der Waals surface area contributed by atoms with Crippen LogP contribution in [0.5, 0.6) is 0 Å². The molecule has 0 bridgehead atoms. The largest absolute Gasteiger partial charge is 0.355 e. The molecule has 1 aliphatic rings. The smallest absolute Gasteiger partial charge is 0.276 e. The number of hydrogen-bond donors (Lipinski definition) is 1. The maximum Gasteiger partial charge on any atom is 0.276 e. The second kappa shape index (κ2) is 8.26. The average molecular weight is 393 g/mol. The number of amides is 1. The van der Waals surface area contributed by atoms with Crippen molar-refractivity contribution in [3.8, 4) is 11.3 Å². The van der Waals surface area contributed by atoms with Crippen molar-refractivity contribution in [3.05, 3.63) is 48.0 Å². The summed E-state index contributed by atoms with van der Waals surface area (Å²) in [6.07, 6.45) is 3.37. The molecular formula is C20H23N7O2. The first kappa shape index (κ1) is 18.9. The van der Waals surface area contributed by atoms with Crippen molar-refractivity contribution in [1.29, 1.82) is 0 Å². The van der Waals surface area contributed by atoms with Gasteiger partial charge in [0.15, 0.2) is 11.5 Å². The highest BCUT2D eigenvalue weighted by Crippen LogP contribution is 2.21. The summed E-state index contributed by atoms with van der Waals surface area (Å²) >= 11 is 0. The van der Waals surface area contributed by atoms with Gasteiger partial charge >= 0.3 is 0 Å². The number of rotatable bonds is 5. The molecule has 150 valence electrons. The van der Waals surface area contributed by atoms with E-state index in [4.69, 9.17) is 4.52 Å². The van der Waals surface area contributed by atoms with Gasteiger partial charge in [-0.3, -0.25) is 9.78 Å². The Labute approximate surface area is 168 Å². The van der Waals surface area contributed by atoms with Gasteiger partial charge in [0.1, 0.15) is 5.82 Å². The molecule has 1 saturated heterocycles. The summed E-state index contributed by atoms with van der Waals surface area (Å²) in [6.45, 7) is 7.31. The molecular weight excluding hydrogens is 370 g/mol. The summed E-state index contributed by atoms with van der Waals surface area (Å²) in [4.78, 5) is 29.8. The van der Waals surface area contributed by atoms with Crippen LogP contribution < -0.4 is 10.2 Å². The molecule has 4 rings (SSSR count). The van der Waals surface area contributed by atoms with E-state index in [9.17, 15) is 4.79 Å². The number of aryl methyl sites for hydroxylation is 1. The minimum atomic E-state index is -0.129. The van der Waals surface area contributed by atoms with E-state index >= 15 is 0 Å². The minimum Gasteiger partial charge on any atom is -0.355 e. The van der Waals surface area contributed by atoms with Crippen molar-refractivity contribution in [1.82, 2.24) is 25.0 Å². The predicted molar refractivity (Wildman–Crippen MR) is 109 cm³/mol. The summed E-state index contributed by atoms with van der Waals surface area (Å²) in [7, 11) is 0. The quantitative estimate of drug-likeness (QED) is 0.704. The maximum atomic E-state index is 12.8. The van der Waals surface area contributed by atoms with Crippen molar-refractivity contribution in [2.45, 2.75) is 13.8 Å². The molecule has 3 aromatic rings. The molecule has 1 aliphatic heterocycles. The van der Waals surface area contributed by atoms with E-state index < -0.39 is 0 Å². The van der Waals surface area contributed by atoms with Crippen molar-refractivity contribution in [2.75, 3.05) is 42.9 Å². The van der Waals surface area contributed by atoms with Gasteiger partial charge in [-0.1, -0.05) is 5.16 Å². The van der Waals surface area contributed by atoms with Crippen LogP contribution in [0.4, 0.5) is 11.8 Å². The molecule has 1 fully saturated rings. The van der Waals surface area contributed by atoms with Gasteiger partial charge in [-0.25, -0.2) is 4.98 Å². The highest BCUT2D eigenvalue weighted by Gasteiger charge is 2.25. The zero-order chi connectivity index (χ0) is 20.2. The highest BCUT2D eigenvalue weighted by molar-refractivity contribution is 5.93. The summed E-state index contributed by atoms with van der Waals surface area (Å²) in [5, 5.41) is 7.11. The molecule has 0 aromatic carbocycles. The Morgan fingerprint density at radius 3 is 2.76 bits per heavy atom. The van der Waals surface area contributed by atoms with Crippen LogP contribution in [0.3, 0.4) is 0 Å². The minimum absolute atomic E-state index is 0.129. The van der Waals surface area contributed by atoms with Crippen LogP contribution in [0.15, 0.2) is 41.2 Å². The number of hydrogen-bond acceptors (Lipinski definition) is 8. The second-order valence-corrected chi connectivity index (χ2v) is 6.82. The van der Waals surface area contributed by atoms with Crippen LogP contribution >= 0.6 is 0 Å². The Balaban J connectivity index is 1.41. The average Bonchev–Trinajstić information content (AvgIpc) is 3.24. The lowest BCUT2D eigenvalue weighted by molar-refractivity contribution is 0.0736. The zero-order valence-corrected chi connectivity index (χ0v) is 16.5. The number of pyridine rings is 1. The van der Waals surface area contributed by atoms with E-state index in [1.165, 1.54) is 0 Å². The van der Waals surface area contributed by atoms with Gasteiger partial charge in [-0.2, -0.15) is 4.98 Å². The molecule has 0 unspecified atom stereocenters. The standard InChI is InChI=1S/C20H23N7O2/c1-3-22-20-23-14(2)11-18(24-20)26-7-9-27(10-8-26)19(28)16-12-17(29-25-16)15-5-4-6-21-13-15/h4-6,11-13H,3,7-10H2,1-2H3,(H,22,23,24). The van der Waals surface area contributed by atoms with E-state index in [-0.39, 0.29) is 5.91 Å². The second-order valence-electron chi connectivity index (χ2n) is 6.82. The molecule has 0 spiro atoms. The molecule has 0 saturated carbocycles. The summed E-state index contributed by atoms with van der Waals surface area (Å²) in [5.74, 6) is 1.91. The van der Waals surface area contributed by atoms with E-state index in [0.29, 0.717) is 43.6 Å². The lowest BCUT2D eigenvalue weighted by Crippen LogP contribution is -2.49. The molecule has 0 radical (unpaired) electrons. The van der Waals surface area contributed by atoms with Gasteiger partial charge in [-0.05, 0) is 26.0 Å².